The molecule has 3 unspecified atom stereocenters. The van der Waals surface area contributed by atoms with Crippen molar-refractivity contribution < 1.29 is 52.2 Å². The molecule has 0 saturated heterocycles. The molecule has 0 aliphatic heterocycles. The normalized spacial score (nSPS) is 14.5. The van der Waals surface area contributed by atoms with Gasteiger partial charge in [0, 0.05) is 12.8 Å². The molecule has 416 valence electrons. The molecule has 0 aliphatic carbocycles. The average molecular weight is 1050 g/mol. The molecule has 0 heterocycles. The lowest BCUT2D eigenvalue weighted by atomic mass is 10.1. The summed E-state index contributed by atoms with van der Waals surface area (Å²) in [5.74, 6) is -1.75. The predicted molar refractivity (Wildman–Crippen MR) is 306 cm³/mol. The third kappa shape index (κ3) is 52.2. The van der Waals surface area contributed by atoms with Crippen molar-refractivity contribution in [3.05, 3.63) is 146 Å². The van der Waals surface area contributed by atoms with Gasteiger partial charge in [0.2, 0.25) is 0 Å². The van der Waals surface area contributed by atoms with Crippen molar-refractivity contribution in [1.29, 1.82) is 0 Å². The standard InChI is InChI=1S/C62H97O11P/c1-4-7-10-13-16-19-22-25-27-28-29-30-32-34-36-39-42-45-48-51-60(64)69-55-59(73-62(66)53-50-47-44-41-38-35-31-26-23-20-17-14-11-8-5-2)57-71-74(67,68)70-56-58(54-63)72-61(65)52-49-46-43-40-37-33-24-21-18-15-12-9-6-3/h7-8,10-11,16-17,19-21,24-27,29-31,34,36,38,41-42,45,47,50,58-59,63H,4-6,9,12-15,18,22-23,28,32-33,35,37,39-40,43-44,46,48-49,51-57H2,1-3H3,(H,67,68)/b10-7-,11-8-,19-16-,20-17-,24-21-,27-25-,30-29-,31-26-,36-34-,41-38-,45-42-,50-47-. The van der Waals surface area contributed by atoms with Crippen LogP contribution in [0.5, 0.6) is 0 Å². The Hall–Kier alpha value is -4.64. The fourth-order valence-electron chi connectivity index (χ4n) is 6.63. The molecule has 0 bridgehead atoms. The number of hydrogen-bond acceptors (Lipinski definition) is 10. The summed E-state index contributed by atoms with van der Waals surface area (Å²) in [6.07, 6.45) is 70.0. The summed E-state index contributed by atoms with van der Waals surface area (Å²) < 4.78 is 39.2. The van der Waals surface area contributed by atoms with Gasteiger partial charge >= 0.3 is 25.7 Å². The van der Waals surface area contributed by atoms with Crippen LogP contribution in [0.4, 0.5) is 0 Å². The molecule has 0 aromatic rings. The fraction of sp³-hybridized carbons (Fsp3) is 0.565. The summed E-state index contributed by atoms with van der Waals surface area (Å²) >= 11 is 0. The summed E-state index contributed by atoms with van der Waals surface area (Å²) in [4.78, 5) is 48.4. The molecule has 0 fully saturated rings. The number of aliphatic hydroxyl groups is 1. The maximum Gasteiger partial charge on any atom is 0.472 e. The van der Waals surface area contributed by atoms with E-state index in [9.17, 15) is 28.9 Å². The molecular formula is C62H97O11P. The van der Waals surface area contributed by atoms with Crippen molar-refractivity contribution in [2.75, 3.05) is 26.4 Å². The summed E-state index contributed by atoms with van der Waals surface area (Å²) in [6, 6.07) is 0. The zero-order valence-corrected chi connectivity index (χ0v) is 46.6. The van der Waals surface area contributed by atoms with E-state index in [-0.39, 0.29) is 19.3 Å². The molecular weight excluding hydrogens is 952 g/mol. The van der Waals surface area contributed by atoms with Gasteiger partial charge in [-0.15, -0.1) is 0 Å². The van der Waals surface area contributed by atoms with Gasteiger partial charge in [-0.2, -0.15) is 0 Å². The van der Waals surface area contributed by atoms with Gasteiger partial charge in [0.1, 0.15) is 12.7 Å². The number of rotatable bonds is 49. The Balaban J connectivity index is 4.97. The molecule has 11 nitrogen and oxygen atoms in total. The van der Waals surface area contributed by atoms with E-state index in [1.807, 2.05) is 30.4 Å². The van der Waals surface area contributed by atoms with Crippen molar-refractivity contribution in [3.63, 3.8) is 0 Å². The molecule has 12 heteroatoms. The molecule has 0 spiro atoms. The third-order valence-electron chi connectivity index (χ3n) is 10.8. The predicted octanol–water partition coefficient (Wildman–Crippen LogP) is 16.4. The molecule has 0 aromatic heterocycles. The summed E-state index contributed by atoms with van der Waals surface area (Å²) in [6.45, 7) is 4.16. The van der Waals surface area contributed by atoms with Crippen LogP contribution in [0.1, 0.15) is 188 Å². The highest BCUT2D eigenvalue weighted by molar-refractivity contribution is 7.47. The number of phosphoric ester groups is 1. The lowest BCUT2D eigenvalue weighted by molar-refractivity contribution is -0.160. The van der Waals surface area contributed by atoms with E-state index >= 15 is 0 Å². The monoisotopic (exact) mass is 1050 g/mol. The number of esters is 3. The van der Waals surface area contributed by atoms with Gasteiger partial charge in [-0.1, -0.05) is 205 Å². The lowest BCUT2D eigenvalue weighted by Gasteiger charge is -2.21. The van der Waals surface area contributed by atoms with Crippen LogP contribution in [0.15, 0.2) is 146 Å². The first kappa shape index (κ1) is 69.4. The lowest BCUT2D eigenvalue weighted by Crippen LogP contribution is -2.30. The van der Waals surface area contributed by atoms with Crippen LogP contribution in [-0.2, 0) is 42.2 Å². The number of carbonyl (C=O) groups is 3. The molecule has 0 aliphatic rings. The van der Waals surface area contributed by atoms with E-state index in [0.29, 0.717) is 19.3 Å². The number of allylic oxidation sites excluding steroid dienone is 23. The zero-order chi connectivity index (χ0) is 54.1. The van der Waals surface area contributed by atoms with E-state index in [4.69, 9.17) is 23.3 Å². The zero-order valence-electron chi connectivity index (χ0n) is 45.7. The number of carbonyl (C=O) groups excluding carboxylic acids is 3. The van der Waals surface area contributed by atoms with Crippen molar-refractivity contribution in [2.45, 2.75) is 200 Å². The van der Waals surface area contributed by atoms with Gasteiger partial charge in [0.05, 0.1) is 26.2 Å². The van der Waals surface area contributed by atoms with Crippen LogP contribution in [-0.4, -0.2) is 66.5 Å². The highest BCUT2D eigenvalue weighted by atomic mass is 31.2. The van der Waals surface area contributed by atoms with E-state index in [2.05, 4.69) is 130 Å². The largest absolute Gasteiger partial charge is 0.472 e. The van der Waals surface area contributed by atoms with Crippen LogP contribution < -0.4 is 0 Å². The van der Waals surface area contributed by atoms with Crippen LogP contribution >= 0.6 is 7.82 Å². The van der Waals surface area contributed by atoms with Gasteiger partial charge in [0.25, 0.3) is 0 Å². The molecule has 2 N–H and O–H groups in total. The minimum atomic E-state index is -4.80. The summed E-state index contributed by atoms with van der Waals surface area (Å²) in [5, 5.41) is 9.79. The molecule has 74 heavy (non-hydrogen) atoms. The highest BCUT2D eigenvalue weighted by Crippen LogP contribution is 2.43. The third-order valence-corrected chi connectivity index (χ3v) is 11.7. The Morgan fingerprint density at radius 3 is 1.24 bits per heavy atom. The quantitative estimate of drug-likeness (QED) is 0.0197. The molecule has 0 radical (unpaired) electrons. The molecule has 3 atom stereocenters. The Bertz CT molecular complexity index is 1800. The van der Waals surface area contributed by atoms with Crippen LogP contribution in [0, 0.1) is 0 Å². The van der Waals surface area contributed by atoms with Crippen LogP contribution in [0.25, 0.3) is 0 Å². The number of unbranched alkanes of at least 4 members (excludes halogenated alkanes) is 9. The first-order valence-electron chi connectivity index (χ1n) is 27.7. The van der Waals surface area contributed by atoms with Crippen molar-refractivity contribution in [1.82, 2.24) is 0 Å². The summed E-state index contributed by atoms with van der Waals surface area (Å²) in [5.41, 5.74) is 0. The first-order chi connectivity index (χ1) is 36.2. The minimum absolute atomic E-state index is 0.0732. The second kappa shape index (κ2) is 54.6. The Morgan fingerprint density at radius 1 is 0.405 bits per heavy atom. The van der Waals surface area contributed by atoms with E-state index in [0.717, 1.165) is 103 Å². The van der Waals surface area contributed by atoms with Crippen molar-refractivity contribution in [2.24, 2.45) is 0 Å². The van der Waals surface area contributed by atoms with Gasteiger partial charge < -0.3 is 24.2 Å². The number of aliphatic hydroxyl groups excluding tert-OH is 1. The van der Waals surface area contributed by atoms with E-state index in [1.165, 1.54) is 25.7 Å². The highest BCUT2D eigenvalue weighted by Gasteiger charge is 2.28. The van der Waals surface area contributed by atoms with Gasteiger partial charge in [-0.05, 0) is 109 Å². The van der Waals surface area contributed by atoms with Gasteiger partial charge in [0.15, 0.2) is 6.10 Å². The molecule has 0 saturated carbocycles. The topological polar surface area (TPSA) is 155 Å². The Morgan fingerprint density at radius 2 is 0.784 bits per heavy atom. The number of phosphoric acid groups is 1. The molecule has 0 amide bonds. The first-order valence-corrected chi connectivity index (χ1v) is 29.2. The second-order valence-electron chi connectivity index (χ2n) is 17.6. The van der Waals surface area contributed by atoms with E-state index in [1.54, 1.807) is 6.08 Å². The SMILES string of the molecule is CC/C=C\C/C=C\C/C=C\C/C=C\C/C=C\C/C=C\CCC(=O)OCC(COP(=O)(O)OCC(CO)OC(=O)CCCCCCC/C=C\CCCCCC)OC(=O)C/C=C\C/C=C\C/C=C\C/C=C\C/C=C\CC. The second-order valence-corrected chi connectivity index (χ2v) is 19.1. The molecule has 0 rings (SSSR count). The Labute approximate surface area is 448 Å². The van der Waals surface area contributed by atoms with Gasteiger partial charge in [-0.3, -0.25) is 23.4 Å². The average Bonchev–Trinajstić information content (AvgIpc) is 3.39. The smallest absolute Gasteiger partial charge is 0.462 e. The van der Waals surface area contributed by atoms with Crippen molar-refractivity contribution in [3.8, 4) is 0 Å². The van der Waals surface area contributed by atoms with Gasteiger partial charge in [-0.25, -0.2) is 4.57 Å². The van der Waals surface area contributed by atoms with Crippen LogP contribution in [0.3, 0.4) is 0 Å². The minimum Gasteiger partial charge on any atom is -0.462 e. The maximum absolute atomic E-state index is 12.9. The van der Waals surface area contributed by atoms with Crippen LogP contribution in [0.2, 0.25) is 0 Å². The van der Waals surface area contributed by atoms with E-state index < -0.39 is 64.4 Å². The number of ether oxygens (including phenoxy) is 3. The maximum atomic E-state index is 12.9. The summed E-state index contributed by atoms with van der Waals surface area (Å²) in [7, 11) is -4.80. The number of hydrogen-bond donors (Lipinski definition) is 2. The fourth-order valence-corrected chi connectivity index (χ4v) is 7.41. The van der Waals surface area contributed by atoms with Crippen molar-refractivity contribution >= 4 is 25.7 Å². The Kier molecular flexibility index (Phi) is 51.2. The molecule has 0 aromatic carbocycles.